The number of fused-ring (bicyclic) bond motifs is 1. The van der Waals surface area contributed by atoms with Crippen LogP contribution in [0.15, 0.2) is 71.6 Å². The van der Waals surface area contributed by atoms with Gasteiger partial charge in [-0.2, -0.15) is 0 Å². The number of carbonyl (C=O) groups excluding carboxylic acids is 1. The van der Waals surface area contributed by atoms with Crippen LogP contribution >= 0.6 is 11.8 Å². The van der Waals surface area contributed by atoms with Gasteiger partial charge >= 0.3 is 0 Å². The molecule has 0 saturated heterocycles. The van der Waals surface area contributed by atoms with E-state index in [0.29, 0.717) is 13.0 Å². The van der Waals surface area contributed by atoms with Crippen LogP contribution in [0, 0.1) is 6.92 Å². The highest BCUT2D eigenvalue weighted by atomic mass is 32.2. The van der Waals surface area contributed by atoms with Crippen molar-refractivity contribution in [2.75, 3.05) is 12.3 Å². The van der Waals surface area contributed by atoms with Crippen LogP contribution in [0.4, 0.5) is 0 Å². The Morgan fingerprint density at radius 2 is 1.78 bits per heavy atom. The summed E-state index contributed by atoms with van der Waals surface area (Å²) in [5.41, 5.74) is 1.25. The second-order valence-corrected chi connectivity index (χ2v) is 7.61. The fraction of sp³-hybridized carbons (Fsp3) is 0.261. The van der Waals surface area contributed by atoms with Gasteiger partial charge in [0.15, 0.2) is 6.10 Å². The molecule has 0 aromatic heterocycles. The quantitative estimate of drug-likeness (QED) is 0.431. The molecule has 3 nitrogen and oxygen atoms in total. The molecule has 4 heteroatoms. The third-order valence-corrected chi connectivity index (χ3v) is 5.39. The highest BCUT2D eigenvalue weighted by molar-refractivity contribution is 7.99. The van der Waals surface area contributed by atoms with Gasteiger partial charge in [-0.3, -0.25) is 4.79 Å². The van der Waals surface area contributed by atoms with Crippen molar-refractivity contribution >= 4 is 28.4 Å². The number of ether oxygens (including phenoxy) is 1. The summed E-state index contributed by atoms with van der Waals surface area (Å²) in [6.07, 6.45) is 0.139. The van der Waals surface area contributed by atoms with E-state index in [9.17, 15) is 4.79 Å². The third kappa shape index (κ3) is 5.27. The average Bonchev–Trinajstić information content (AvgIpc) is 2.70. The van der Waals surface area contributed by atoms with E-state index in [1.165, 1.54) is 10.5 Å². The zero-order valence-corrected chi connectivity index (χ0v) is 16.6. The Morgan fingerprint density at radius 3 is 2.56 bits per heavy atom. The average molecular weight is 380 g/mol. The maximum absolute atomic E-state index is 12.5. The monoisotopic (exact) mass is 379 g/mol. The van der Waals surface area contributed by atoms with Crippen LogP contribution in [0.2, 0.25) is 0 Å². The Morgan fingerprint density at radius 1 is 1.04 bits per heavy atom. The van der Waals surface area contributed by atoms with Crippen LogP contribution in [-0.4, -0.2) is 24.3 Å². The standard InChI is InChI=1S/C23H25NO2S/c1-3-21(26-22-10-6-8-18-7-4-5-9-20(18)22)23(25)24-15-16-27-19-13-11-17(2)12-14-19/h4-14,21H,3,15-16H2,1-2H3,(H,24,25). The summed E-state index contributed by atoms with van der Waals surface area (Å²) < 4.78 is 6.05. The molecule has 0 aliphatic heterocycles. The van der Waals surface area contributed by atoms with E-state index in [0.717, 1.165) is 22.3 Å². The molecule has 0 heterocycles. The lowest BCUT2D eigenvalue weighted by atomic mass is 10.1. The van der Waals surface area contributed by atoms with Gasteiger partial charge in [0.25, 0.3) is 5.91 Å². The summed E-state index contributed by atoms with van der Waals surface area (Å²) in [7, 11) is 0. The molecule has 1 atom stereocenters. The van der Waals surface area contributed by atoms with Gasteiger partial charge in [-0.25, -0.2) is 0 Å². The minimum absolute atomic E-state index is 0.0602. The fourth-order valence-corrected chi connectivity index (χ4v) is 3.63. The minimum Gasteiger partial charge on any atom is -0.480 e. The summed E-state index contributed by atoms with van der Waals surface area (Å²) in [6.45, 7) is 4.67. The van der Waals surface area contributed by atoms with Crippen LogP contribution in [0.5, 0.6) is 5.75 Å². The molecule has 0 aliphatic carbocycles. The number of amides is 1. The molecule has 3 rings (SSSR count). The van der Waals surface area contributed by atoms with Crippen molar-refractivity contribution < 1.29 is 9.53 Å². The van der Waals surface area contributed by atoms with Gasteiger partial charge in [-0.15, -0.1) is 11.8 Å². The Bertz CT molecular complexity index is 887. The van der Waals surface area contributed by atoms with Crippen molar-refractivity contribution in [3.8, 4) is 5.75 Å². The van der Waals surface area contributed by atoms with E-state index in [1.54, 1.807) is 11.8 Å². The van der Waals surface area contributed by atoms with Crippen molar-refractivity contribution in [2.45, 2.75) is 31.3 Å². The van der Waals surface area contributed by atoms with E-state index in [2.05, 4.69) is 36.5 Å². The molecular formula is C23H25NO2S. The zero-order valence-electron chi connectivity index (χ0n) is 15.8. The lowest BCUT2D eigenvalue weighted by molar-refractivity contribution is -0.127. The first-order chi connectivity index (χ1) is 13.2. The van der Waals surface area contributed by atoms with Crippen molar-refractivity contribution in [3.63, 3.8) is 0 Å². The lowest BCUT2D eigenvalue weighted by Gasteiger charge is -2.18. The predicted molar refractivity (Wildman–Crippen MR) is 114 cm³/mol. The summed E-state index contributed by atoms with van der Waals surface area (Å²) in [5, 5.41) is 5.14. The van der Waals surface area contributed by atoms with Crippen molar-refractivity contribution in [1.82, 2.24) is 5.32 Å². The minimum atomic E-state index is -0.486. The second-order valence-electron chi connectivity index (χ2n) is 6.44. The molecule has 27 heavy (non-hydrogen) atoms. The van der Waals surface area contributed by atoms with Gasteiger partial charge in [-0.1, -0.05) is 61.0 Å². The molecule has 3 aromatic rings. The molecule has 0 fully saturated rings. The van der Waals surface area contributed by atoms with Crippen LogP contribution in [0.25, 0.3) is 10.8 Å². The highest BCUT2D eigenvalue weighted by Crippen LogP contribution is 2.26. The van der Waals surface area contributed by atoms with E-state index in [-0.39, 0.29) is 5.91 Å². The number of nitrogens with one attached hydrogen (secondary N) is 1. The largest absolute Gasteiger partial charge is 0.480 e. The van der Waals surface area contributed by atoms with Crippen LogP contribution < -0.4 is 10.1 Å². The van der Waals surface area contributed by atoms with Gasteiger partial charge in [0.1, 0.15) is 5.75 Å². The molecule has 0 spiro atoms. The van der Waals surface area contributed by atoms with Crippen molar-refractivity contribution in [3.05, 3.63) is 72.3 Å². The molecule has 0 radical (unpaired) electrons. The molecule has 1 N–H and O–H groups in total. The summed E-state index contributed by atoms with van der Waals surface area (Å²) in [5.74, 6) is 1.53. The van der Waals surface area contributed by atoms with Gasteiger partial charge < -0.3 is 10.1 Å². The molecule has 1 amide bonds. The first-order valence-electron chi connectivity index (χ1n) is 9.29. The third-order valence-electron chi connectivity index (χ3n) is 4.37. The van der Waals surface area contributed by atoms with E-state index < -0.39 is 6.10 Å². The fourth-order valence-electron chi connectivity index (χ4n) is 2.87. The van der Waals surface area contributed by atoms with Crippen molar-refractivity contribution in [2.24, 2.45) is 0 Å². The number of carbonyl (C=O) groups is 1. The topological polar surface area (TPSA) is 38.3 Å². The number of benzene rings is 3. The lowest BCUT2D eigenvalue weighted by Crippen LogP contribution is -2.39. The molecule has 0 bridgehead atoms. The molecule has 1 unspecified atom stereocenters. The first kappa shape index (κ1) is 19.3. The number of thioether (sulfide) groups is 1. The number of rotatable bonds is 8. The molecular weight excluding hydrogens is 354 g/mol. The summed E-state index contributed by atoms with van der Waals surface area (Å²) >= 11 is 1.74. The van der Waals surface area contributed by atoms with E-state index >= 15 is 0 Å². The van der Waals surface area contributed by atoms with Crippen molar-refractivity contribution in [1.29, 1.82) is 0 Å². The van der Waals surface area contributed by atoms with Crippen LogP contribution in [0.1, 0.15) is 18.9 Å². The molecule has 140 valence electrons. The summed E-state index contributed by atoms with van der Waals surface area (Å²) in [6, 6.07) is 22.4. The SMILES string of the molecule is CCC(Oc1cccc2ccccc12)C(=O)NCCSc1ccc(C)cc1. The maximum atomic E-state index is 12.5. The Kier molecular flexibility index (Phi) is 6.77. The number of hydrogen-bond donors (Lipinski definition) is 1. The van der Waals surface area contributed by atoms with Crippen LogP contribution in [-0.2, 0) is 4.79 Å². The van der Waals surface area contributed by atoms with Gasteiger partial charge in [0, 0.05) is 22.6 Å². The smallest absolute Gasteiger partial charge is 0.261 e. The number of hydrogen-bond acceptors (Lipinski definition) is 3. The summed E-state index contributed by atoms with van der Waals surface area (Å²) in [4.78, 5) is 13.7. The van der Waals surface area contributed by atoms with E-state index in [1.807, 2.05) is 49.4 Å². The zero-order chi connectivity index (χ0) is 19.1. The van der Waals surface area contributed by atoms with Crippen LogP contribution in [0.3, 0.4) is 0 Å². The second kappa shape index (κ2) is 9.47. The molecule has 3 aromatic carbocycles. The first-order valence-corrected chi connectivity index (χ1v) is 10.3. The predicted octanol–water partition coefficient (Wildman–Crippen LogP) is 5.21. The maximum Gasteiger partial charge on any atom is 0.261 e. The van der Waals surface area contributed by atoms with E-state index in [4.69, 9.17) is 4.74 Å². The Hall–Kier alpha value is -2.46. The normalized spacial score (nSPS) is 11.9. The highest BCUT2D eigenvalue weighted by Gasteiger charge is 2.18. The number of aryl methyl sites for hydroxylation is 1. The van der Waals surface area contributed by atoms with Gasteiger partial charge in [0.2, 0.25) is 0 Å². The molecule has 0 saturated carbocycles. The Balaban J connectivity index is 1.53. The van der Waals surface area contributed by atoms with Gasteiger partial charge in [0.05, 0.1) is 0 Å². The van der Waals surface area contributed by atoms with Gasteiger partial charge in [-0.05, 0) is 36.9 Å². The molecule has 0 aliphatic rings. The Labute approximate surface area is 165 Å².